The Bertz CT molecular complexity index is 23.4. The van der Waals surface area contributed by atoms with Gasteiger partial charge in [0.15, 0.2) is 0 Å². The van der Waals surface area contributed by atoms with E-state index in [1.54, 1.807) is 0 Å². The second-order valence-corrected chi connectivity index (χ2v) is 3.41. The minimum atomic E-state index is 1.22. The Balaban J connectivity index is 2.45. The molecule has 0 aliphatic rings. The van der Waals surface area contributed by atoms with Gasteiger partial charge in [0.05, 0.1) is 0 Å². The molecule has 1 heteroatoms. The Morgan fingerprint density at radius 1 is 1.29 bits per heavy atom. The van der Waals surface area contributed by atoms with Crippen LogP contribution in [0, 0.1) is 0 Å². The summed E-state index contributed by atoms with van der Waals surface area (Å²) in [5.74, 6) is 0. The van der Waals surface area contributed by atoms with Gasteiger partial charge in [0.2, 0.25) is 0 Å². The minimum Gasteiger partial charge on any atom is -0.122 e. The van der Waals surface area contributed by atoms with Crippen LogP contribution in [0.2, 0.25) is 0 Å². The van der Waals surface area contributed by atoms with Crippen LogP contribution < -0.4 is 0 Å². The Morgan fingerprint density at radius 3 is 2.43 bits per heavy atom. The second kappa shape index (κ2) is 6.43. The lowest BCUT2D eigenvalue weighted by molar-refractivity contribution is 0.893. The summed E-state index contributed by atoms with van der Waals surface area (Å²) in [7, 11) is 1.22. The van der Waals surface area contributed by atoms with Gasteiger partial charge in [0.1, 0.15) is 0 Å². The van der Waals surface area contributed by atoms with Crippen molar-refractivity contribution in [3.8, 4) is 0 Å². The van der Waals surface area contributed by atoms with Crippen LogP contribution in [0.1, 0.15) is 26.7 Å². The quantitative estimate of drug-likeness (QED) is 0.393. The molecular formula is C6H15P. The lowest BCUT2D eigenvalue weighted by atomic mass is 10.4. The molecule has 0 bridgehead atoms. The predicted octanol–water partition coefficient (Wildman–Crippen LogP) is 2.48. The first-order chi connectivity index (χ1) is 3.41. The van der Waals surface area contributed by atoms with Crippen LogP contribution in [0.25, 0.3) is 0 Å². The monoisotopic (exact) mass is 118 g/mol. The van der Waals surface area contributed by atoms with Gasteiger partial charge in [-0.2, -0.15) is 0 Å². The maximum Gasteiger partial charge on any atom is -0.0354 e. The number of rotatable bonds is 4. The molecule has 1 unspecified atom stereocenters. The molecule has 0 aromatic heterocycles. The van der Waals surface area contributed by atoms with E-state index < -0.39 is 0 Å². The molecule has 0 fully saturated rings. The standard InChI is InChI=1S/C6H15P/c1-3-5-6-7-4-2/h7H,3-6H2,1-2H3. The Labute approximate surface area is 48.5 Å². The highest BCUT2D eigenvalue weighted by Crippen LogP contribution is 2.09. The molecule has 0 heterocycles. The fourth-order valence-electron chi connectivity index (χ4n) is 0.479. The molecule has 0 aromatic rings. The van der Waals surface area contributed by atoms with Crippen LogP contribution in [-0.4, -0.2) is 12.3 Å². The molecular weight excluding hydrogens is 103 g/mol. The molecule has 7 heavy (non-hydrogen) atoms. The van der Waals surface area contributed by atoms with E-state index in [0.717, 1.165) is 0 Å². The van der Waals surface area contributed by atoms with Crippen molar-refractivity contribution < 1.29 is 0 Å². The van der Waals surface area contributed by atoms with Gasteiger partial charge in [-0.1, -0.05) is 20.3 Å². The maximum atomic E-state index is 2.26. The van der Waals surface area contributed by atoms with E-state index in [-0.39, 0.29) is 0 Å². The topological polar surface area (TPSA) is 0 Å². The second-order valence-electron chi connectivity index (χ2n) is 1.71. The van der Waals surface area contributed by atoms with Crippen molar-refractivity contribution in [2.24, 2.45) is 0 Å². The summed E-state index contributed by atoms with van der Waals surface area (Å²) in [6, 6.07) is 0. The molecule has 0 aliphatic heterocycles. The normalized spacial score (nSPS) is 11.1. The van der Waals surface area contributed by atoms with Crippen molar-refractivity contribution in [3.05, 3.63) is 0 Å². The average molecular weight is 118 g/mol. The summed E-state index contributed by atoms with van der Waals surface area (Å²) < 4.78 is 0. The summed E-state index contributed by atoms with van der Waals surface area (Å²) in [6.45, 7) is 4.51. The highest BCUT2D eigenvalue weighted by Gasteiger charge is 1.79. The zero-order chi connectivity index (χ0) is 5.54. The predicted molar refractivity (Wildman–Crippen MR) is 38.6 cm³/mol. The van der Waals surface area contributed by atoms with Crippen molar-refractivity contribution in [1.82, 2.24) is 0 Å². The van der Waals surface area contributed by atoms with Crippen molar-refractivity contribution in [3.63, 3.8) is 0 Å². The number of hydrogen-bond acceptors (Lipinski definition) is 0. The van der Waals surface area contributed by atoms with E-state index in [4.69, 9.17) is 0 Å². The van der Waals surface area contributed by atoms with Crippen molar-refractivity contribution in [2.75, 3.05) is 12.3 Å². The molecule has 0 saturated heterocycles. The van der Waals surface area contributed by atoms with Crippen LogP contribution in [0.3, 0.4) is 0 Å². The molecule has 0 nitrogen and oxygen atoms in total. The fourth-order valence-corrected chi connectivity index (χ4v) is 1.44. The van der Waals surface area contributed by atoms with Crippen LogP contribution in [0.4, 0.5) is 0 Å². The first-order valence-electron chi connectivity index (χ1n) is 3.12. The maximum absolute atomic E-state index is 2.26. The lowest BCUT2D eigenvalue weighted by Crippen LogP contribution is -1.73. The molecule has 44 valence electrons. The third-order valence-corrected chi connectivity index (χ3v) is 2.16. The molecule has 0 aromatic carbocycles. The zero-order valence-corrected chi connectivity index (χ0v) is 6.33. The SMILES string of the molecule is CCCCPCC. The van der Waals surface area contributed by atoms with Crippen LogP contribution in [0.15, 0.2) is 0 Å². The average Bonchev–Trinajstić information content (AvgIpc) is 1.69. The molecule has 0 radical (unpaired) electrons. The number of unbranched alkanes of at least 4 members (excludes halogenated alkanes) is 1. The first-order valence-corrected chi connectivity index (χ1v) is 4.54. The molecule has 1 atom stereocenters. The number of hydrogen-bond donors (Lipinski definition) is 0. The van der Waals surface area contributed by atoms with Crippen LogP contribution in [0.5, 0.6) is 0 Å². The molecule has 0 spiro atoms. The highest BCUT2D eigenvalue weighted by atomic mass is 31.1. The third kappa shape index (κ3) is 6.43. The Morgan fingerprint density at radius 2 is 2.00 bits per heavy atom. The zero-order valence-electron chi connectivity index (χ0n) is 5.33. The highest BCUT2D eigenvalue weighted by molar-refractivity contribution is 7.37. The molecule has 0 saturated carbocycles. The van der Waals surface area contributed by atoms with Crippen molar-refractivity contribution >= 4 is 8.58 Å². The van der Waals surface area contributed by atoms with Crippen LogP contribution in [-0.2, 0) is 0 Å². The molecule has 0 aliphatic carbocycles. The van der Waals surface area contributed by atoms with Gasteiger partial charge in [0.25, 0.3) is 0 Å². The van der Waals surface area contributed by atoms with Crippen LogP contribution >= 0.6 is 8.58 Å². The van der Waals surface area contributed by atoms with E-state index in [1.807, 2.05) is 0 Å². The van der Waals surface area contributed by atoms with Crippen molar-refractivity contribution in [1.29, 1.82) is 0 Å². The molecule has 0 N–H and O–H groups in total. The molecule has 0 rings (SSSR count). The van der Waals surface area contributed by atoms with E-state index in [0.29, 0.717) is 0 Å². The minimum absolute atomic E-state index is 1.22. The van der Waals surface area contributed by atoms with Gasteiger partial charge in [0, 0.05) is 0 Å². The summed E-state index contributed by atoms with van der Waals surface area (Å²) in [4.78, 5) is 0. The Kier molecular flexibility index (Phi) is 6.82. The van der Waals surface area contributed by atoms with E-state index in [2.05, 4.69) is 13.8 Å². The van der Waals surface area contributed by atoms with Crippen molar-refractivity contribution in [2.45, 2.75) is 26.7 Å². The summed E-state index contributed by atoms with van der Waals surface area (Å²) in [5, 5.41) is 0. The third-order valence-electron chi connectivity index (χ3n) is 0.957. The smallest absolute Gasteiger partial charge is 0.0354 e. The summed E-state index contributed by atoms with van der Waals surface area (Å²) in [5.41, 5.74) is 0. The van der Waals surface area contributed by atoms with Gasteiger partial charge in [-0.05, 0) is 18.7 Å². The van der Waals surface area contributed by atoms with Gasteiger partial charge < -0.3 is 0 Å². The van der Waals surface area contributed by atoms with E-state index in [1.165, 1.54) is 33.7 Å². The lowest BCUT2D eigenvalue weighted by Gasteiger charge is -1.91. The van der Waals surface area contributed by atoms with E-state index in [9.17, 15) is 0 Å². The summed E-state index contributed by atoms with van der Waals surface area (Å²) >= 11 is 0. The van der Waals surface area contributed by atoms with E-state index >= 15 is 0 Å². The van der Waals surface area contributed by atoms with Gasteiger partial charge in [-0.15, -0.1) is 8.58 Å². The fraction of sp³-hybridized carbons (Fsp3) is 1.00. The Hall–Kier alpha value is 0.430. The first kappa shape index (κ1) is 7.43. The molecule has 0 amide bonds. The van der Waals surface area contributed by atoms with Gasteiger partial charge in [-0.25, -0.2) is 0 Å². The van der Waals surface area contributed by atoms with Gasteiger partial charge in [-0.3, -0.25) is 0 Å². The largest absolute Gasteiger partial charge is 0.122 e. The summed E-state index contributed by atoms with van der Waals surface area (Å²) in [6.07, 6.45) is 5.66. The van der Waals surface area contributed by atoms with Gasteiger partial charge >= 0.3 is 0 Å².